The van der Waals surface area contributed by atoms with Crippen molar-refractivity contribution in [1.29, 1.82) is 0 Å². The number of aromatic nitrogens is 1. The van der Waals surface area contributed by atoms with E-state index in [1.807, 2.05) is 0 Å². The van der Waals surface area contributed by atoms with Crippen LogP contribution in [0.25, 0.3) is 0 Å². The van der Waals surface area contributed by atoms with E-state index in [-0.39, 0.29) is 24.2 Å². The summed E-state index contributed by atoms with van der Waals surface area (Å²) in [6.07, 6.45) is 1.72. The first kappa shape index (κ1) is 11.6. The smallest absolute Gasteiger partial charge is 0.247 e. The van der Waals surface area contributed by atoms with Crippen LogP contribution in [0, 0.1) is 0 Å². The molecular weight excluding hydrogens is 218 g/mol. The van der Waals surface area contributed by atoms with Crippen molar-refractivity contribution in [2.24, 2.45) is 0 Å². The third-order valence-electron chi connectivity index (χ3n) is 1.88. The Morgan fingerprint density at radius 2 is 2.33 bits per heavy atom. The lowest BCUT2D eigenvalue weighted by Gasteiger charge is -2.15. The molecule has 0 saturated heterocycles. The fourth-order valence-corrected chi connectivity index (χ4v) is 1.10. The van der Waals surface area contributed by atoms with Gasteiger partial charge in [-0.25, -0.2) is 0 Å². The lowest BCUT2D eigenvalue weighted by atomic mass is 10.4. The van der Waals surface area contributed by atoms with Crippen LogP contribution in [0.5, 0.6) is 0 Å². The molecule has 0 unspecified atom stereocenters. The van der Waals surface area contributed by atoms with Crippen molar-refractivity contribution >= 4 is 29.2 Å². The zero-order valence-corrected chi connectivity index (χ0v) is 9.04. The van der Waals surface area contributed by atoms with Crippen molar-refractivity contribution in [3.05, 3.63) is 18.3 Å². The predicted molar refractivity (Wildman–Crippen MR) is 57.9 cm³/mol. The number of amides is 2. The number of aromatic amines is 1. The maximum absolute atomic E-state index is 11.5. The largest absolute Gasteiger partial charge is 0.348 e. The number of hydrogen-bond donors (Lipinski definition) is 2. The van der Waals surface area contributed by atoms with E-state index in [9.17, 15) is 9.59 Å². The minimum atomic E-state index is -0.357. The number of rotatable bonds is 4. The Bertz CT molecular complexity index is 337. The van der Waals surface area contributed by atoms with Crippen molar-refractivity contribution < 1.29 is 9.59 Å². The normalized spacial score (nSPS) is 9.73. The van der Waals surface area contributed by atoms with Gasteiger partial charge in [0.1, 0.15) is 11.7 Å². The molecule has 2 N–H and O–H groups in total. The monoisotopic (exact) mass is 229 g/mol. The highest BCUT2D eigenvalue weighted by Gasteiger charge is 2.11. The summed E-state index contributed by atoms with van der Waals surface area (Å²) in [5, 5.41) is 2.40. The number of H-pyrrole nitrogens is 1. The Balaban J connectivity index is 2.44. The summed E-state index contributed by atoms with van der Waals surface area (Å²) in [5.74, 6) is -0.0274. The van der Waals surface area contributed by atoms with Crippen LogP contribution in [0.1, 0.15) is 0 Å². The summed E-state index contributed by atoms with van der Waals surface area (Å²) >= 11 is 5.27. The van der Waals surface area contributed by atoms with Gasteiger partial charge in [-0.3, -0.25) is 14.5 Å². The molecule has 1 aromatic heterocycles. The molecule has 82 valence electrons. The van der Waals surface area contributed by atoms with Crippen LogP contribution in [0.3, 0.4) is 0 Å². The van der Waals surface area contributed by atoms with E-state index in [2.05, 4.69) is 10.3 Å². The van der Waals surface area contributed by atoms with Crippen LogP contribution in [0.4, 0.5) is 5.82 Å². The van der Waals surface area contributed by atoms with E-state index in [0.717, 1.165) is 0 Å². The average molecular weight is 230 g/mol. The minimum absolute atomic E-state index is 0.0545. The minimum Gasteiger partial charge on any atom is -0.348 e. The van der Waals surface area contributed by atoms with Crippen molar-refractivity contribution in [2.45, 2.75) is 0 Å². The SMILES string of the molecule is CN(C(=O)CNC(=O)CCl)c1ccc[nH]1. The highest BCUT2D eigenvalue weighted by atomic mass is 35.5. The first-order valence-corrected chi connectivity index (χ1v) is 4.91. The molecule has 1 heterocycles. The summed E-state index contributed by atoms with van der Waals surface area (Å²) < 4.78 is 0. The molecule has 0 aliphatic rings. The second kappa shape index (κ2) is 5.41. The van der Waals surface area contributed by atoms with E-state index in [1.54, 1.807) is 25.4 Å². The van der Waals surface area contributed by atoms with E-state index >= 15 is 0 Å². The van der Waals surface area contributed by atoms with Crippen molar-refractivity contribution in [3.63, 3.8) is 0 Å². The molecule has 0 aliphatic carbocycles. The molecule has 0 fully saturated rings. The molecule has 15 heavy (non-hydrogen) atoms. The second-order valence-corrected chi connectivity index (χ2v) is 3.19. The van der Waals surface area contributed by atoms with Crippen LogP contribution >= 0.6 is 11.6 Å². The first-order chi connectivity index (χ1) is 7.15. The molecule has 0 aliphatic heterocycles. The summed E-state index contributed by atoms with van der Waals surface area (Å²) in [7, 11) is 1.63. The Kier molecular flexibility index (Phi) is 4.17. The average Bonchev–Trinajstić information content (AvgIpc) is 2.77. The third-order valence-corrected chi connectivity index (χ3v) is 2.12. The Morgan fingerprint density at radius 1 is 1.60 bits per heavy atom. The zero-order chi connectivity index (χ0) is 11.3. The first-order valence-electron chi connectivity index (χ1n) is 4.37. The van der Waals surface area contributed by atoms with Crippen molar-refractivity contribution in [2.75, 3.05) is 24.4 Å². The van der Waals surface area contributed by atoms with Gasteiger partial charge in [-0.05, 0) is 12.1 Å². The number of nitrogens with one attached hydrogen (secondary N) is 2. The van der Waals surface area contributed by atoms with Gasteiger partial charge in [0.25, 0.3) is 0 Å². The van der Waals surface area contributed by atoms with Crippen LogP contribution < -0.4 is 10.2 Å². The van der Waals surface area contributed by atoms with Crippen molar-refractivity contribution in [1.82, 2.24) is 10.3 Å². The van der Waals surface area contributed by atoms with Gasteiger partial charge < -0.3 is 10.3 Å². The van der Waals surface area contributed by atoms with Crippen LogP contribution in [-0.2, 0) is 9.59 Å². The fourth-order valence-electron chi connectivity index (χ4n) is 1.00. The summed E-state index contributed by atoms with van der Waals surface area (Å²) in [5.41, 5.74) is 0. The molecule has 5 nitrogen and oxygen atoms in total. The Labute approximate surface area is 92.4 Å². The van der Waals surface area contributed by atoms with Gasteiger partial charge in [0, 0.05) is 13.2 Å². The zero-order valence-electron chi connectivity index (χ0n) is 8.29. The van der Waals surface area contributed by atoms with Gasteiger partial charge in [-0.2, -0.15) is 0 Å². The van der Waals surface area contributed by atoms with Crippen LogP contribution in [-0.4, -0.2) is 36.3 Å². The molecule has 0 saturated carbocycles. The molecule has 1 aromatic rings. The van der Waals surface area contributed by atoms with Gasteiger partial charge in [-0.1, -0.05) is 0 Å². The molecule has 2 amide bonds. The molecule has 0 aromatic carbocycles. The number of alkyl halides is 1. The standard InChI is InChI=1S/C9H12ClN3O2/c1-13(7-3-2-4-11-7)9(15)6-12-8(14)5-10/h2-4,11H,5-6H2,1H3,(H,12,14). The van der Waals surface area contributed by atoms with Gasteiger partial charge in [0.15, 0.2) is 0 Å². The summed E-state index contributed by atoms with van der Waals surface area (Å²) in [4.78, 5) is 26.6. The van der Waals surface area contributed by atoms with E-state index in [1.165, 1.54) is 4.90 Å². The number of likely N-dealkylation sites (N-methyl/N-ethyl adjacent to an activating group) is 1. The number of hydrogen-bond acceptors (Lipinski definition) is 2. The van der Waals surface area contributed by atoms with Crippen LogP contribution in [0.2, 0.25) is 0 Å². The molecular formula is C9H12ClN3O2. The van der Waals surface area contributed by atoms with E-state index in [4.69, 9.17) is 11.6 Å². The van der Waals surface area contributed by atoms with E-state index < -0.39 is 0 Å². The summed E-state index contributed by atoms with van der Waals surface area (Å²) in [6, 6.07) is 3.55. The maximum atomic E-state index is 11.5. The Hall–Kier alpha value is -1.49. The molecule has 0 radical (unpaired) electrons. The molecule has 1 rings (SSSR count). The number of nitrogens with zero attached hydrogens (tertiary/aromatic N) is 1. The highest BCUT2D eigenvalue weighted by molar-refractivity contribution is 6.27. The van der Waals surface area contributed by atoms with Gasteiger partial charge in [-0.15, -0.1) is 11.6 Å². The fraction of sp³-hybridized carbons (Fsp3) is 0.333. The lowest BCUT2D eigenvalue weighted by molar-refractivity contribution is -0.123. The number of anilines is 1. The third kappa shape index (κ3) is 3.28. The maximum Gasteiger partial charge on any atom is 0.247 e. The number of carbonyl (C=O) groups is 2. The number of halogens is 1. The topological polar surface area (TPSA) is 65.2 Å². The van der Waals surface area contributed by atoms with Gasteiger partial charge in [0.05, 0.1) is 6.54 Å². The summed E-state index contributed by atoms with van der Waals surface area (Å²) in [6.45, 7) is -0.0545. The van der Waals surface area contributed by atoms with Crippen molar-refractivity contribution in [3.8, 4) is 0 Å². The highest BCUT2D eigenvalue weighted by Crippen LogP contribution is 2.06. The second-order valence-electron chi connectivity index (χ2n) is 2.92. The Morgan fingerprint density at radius 3 is 2.87 bits per heavy atom. The van der Waals surface area contributed by atoms with Gasteiger partial charge >= 0.3 is 0 Å². The number of carbonyl (C=O) groups excluding carboxylic acids is 2. The van der Waals surface area contributed by atoms with Gasteiger partial charge in [0.2, 0.25) is 11.8 Å². The molecule has 0 spiro atoms. The van der Waals surface area contributed by atoms with E-state index in [0.29, 0.717) is 5.82 Å². The van der Waals surface area contributed by atoms with Crippen LogP contribution in [0.15, 0.2) is 18.3 Å². The molecule has 6 heteroatoms. The molecule has 0 bridgehead atoms. The predicted octanol–water partition coefficient (Wildman–Crippen LogP) is 0.332. The molecule has 0 atom stereocenters. The lowest BCUT2D eigenvalue weighted by Crippen LogP contribution is -2.38. The quantitative estimate of drug-likeness (QED) is 0.731.